The zero-order valence-electron chi connectivity index (χ0n) is 7.48. The molecule has 0 aromatic rings. The molecular weight excluding hydrogens is 134 g/mol. The van der Waals surface area contributed by atoms with Crippen molar-refractivity contribution in [1.29, 1.82) is 0 Å². The summed E-state index contributed by atoms with van der Waals surface area (Å²) in [6, 6.07) is 0. The summed E-state index contributed by atoms with van der Waals surface area (Å²) in [7, 11) is 1.99. The van der Waals surface area contributed by atoms with Gasteiger partial charge in [-0.15, -0.1) is 6.58 Å². The molecule has 0 unspecified atom stereocenters. The summed E-state index contributed by atoms with van der Waals surface area (Å²) in [5.74, 6) is 0.761. The molecule has 0 radical (unpaired) electrons. The van der Waals surface area contributed by atoms with Crippen LogP contribution in [0.5, 0.6) is 0 Å². The first-order chi connectivity index (χ1) is 5.27. The van der Waals surface area contributed by atoms with Gasteiger partial charge in [0.15, 0.2) is 0 Å². The molecule has 0 amide bonds. The average Bonchev–Trinajstić information content (AvgIpc) is 1.86. The molecule has 0 spiro atoms. The molecule has 1 aliphatic rings. The van der Waals surface area contributed by atoms with Crippen LogP contribution in [0.1, 0.15) is 19.8 Å². The molecule has 0 heterocycles. The third kappa shape index (κ3) is 1.93. The van der Waals surface area contributed by atoms with E-state index in [4.69, 9.17) is 0 Å². The first-order valence-corrected chi connectivity index (χ1v) is 4.22. The summed E-state index contributed by atoms with van der Waals surface area (Å²) in [4.78, 5) is 0. The summed E-state index contributed by atoms with van der Waals surface area (Å²) < 4.78 is 0. The molecule has 0 aliphatic heterocycles. The van der Waals surface area contributed by atoms with Crippen molar-refractivity contribution in [2.45, 2.75) is 19.8 Å². The van der Waals surface area contributed by atoms with Crippen molar-refractivity contribution in [3.63, 3.8) is 0 Å². The molecule has 1 fully saturated rings. The molecule has 1 rings (SSSR count). The molecule has 1 nitrogen and oxygen atoms in total. The SMILES string of the molecule is C=CC1CC(=C(C)CNC)C1. The summed E-state index contributed by atoms with van der Waals surface area (Å²) >= 11 is 0. The number of rotatable bonds is 3. The van der Waals surface area contributed by atoms with Gasteiger partial charge in [0.1, 0.15) is 0 Å². The van der Waals surface area contributed by atoms with Crippen LogP contribution in [-0.4, -0.2) is 13.6 Å². The van der Waals surface area contributed by atoms with Crippen molar-refractivity contribution >= 4 is 0 Å². The van der Waals surface area contributed by atoms with Crippen LogP contribution in [0.4, 0.5) is 0 Å². The molecular formula is C10H17N. The molecule has 1 N–H and O–H groups in total. The van der Waals surface area contributed by atoms with Gasteiger partial charge in [-0.05, 0) is 32.7 Å². The Labute approximate surface area is 69.2 Å². The van der Waals surface area contributed by atoms with Gasteiger partial charge < -0.3 is 5.32 Å². The van der Waals surface area contributed by atoms with E-state index in [2.05, 4.69) is 24.9 Å². The van der Waals surface area contributed by atoms with E-state index in [9.17, 15) is 0 Å². The number of nitrogens with one attached hydrogen (secondary N) is 1. The second kappa shape index (κ2) is 3.72. The molecule has 0 aromatic heterocycles. The number of allylic oxidation sites excluding steroid dienone is 2. The van der Waals surface area contributed by atoms with Gasteiger partial charge >= 0.3 is 0 Å². The summed E-state index contributed by atoms with van der Waals surface area (Å²) in [5, 5.41) is 3.17. The minimum Gasteiger partial charge on any atom is -0.316 e. The Morgan fingerprint density at radius 2 is 2.36 bits per heavy atom. The van der Waals surface area contributed by atoms with Crippen LogP contribution in [0.2, 0.25) is 0 Å². The lowest BCUT2D eigenvalue weighted by Crippen LogP contribution is -2.18. The second-order valence-corrected chi connectivity index (χ2v) is 3.32. The highest BCUT2D eigenvalue weighted by molar-refractivity contribution is 5.23. The normalized spacial score (nSPS) is 22.7. The molecule has 0 atom stereocenters. The number of hydrogen-bond acceptors (Lipinski definition) is 1. The van der Waals surface area contributed by atoms with Crippen LogP contribution in [0, 0.1) is 5.92 Å². The maximum atomic E-state index is 3.78. The van der Waals surface area contributed by atoms with Crippen molar-refractivity contribution < 1.29 is 0 Å². The van der Waals surface area contributed by atoms with Crippen molar-refractivity contribution in [1.82, 2.24) is 5.32 Å². The van der Waals surface area contributed by atoms with Gasteiger partial charge in [0, 0.05) is 6.54 Å². The van der Waals surface area contributed by atoms with Crippen molar-refractivity contribution in [2.75, 3.05) is 13.6 Å². The van der Waals surface area contributed by atoms with E-state index >= 15 is 0 Å². The molecule has 1 heteroatoms. The van der Waals surface area contributed by atoms with Crippen molar-refractivity contribution in [3.05, 3.63) is 23.8 Å². The van der Waals surface area contributed by atoms with E-state index < -0.39 is 0 Å². The predicted octanol–water partition coefficient (Wildman–Crippen LogP) is 2.12. The standard InChI is InChI=1S/C10H17N/c1-4-9-5-10(6-9)8(2)7-11-3/h4,9,11H,1,5-7H2,2-3H3. The highest BCUT2D eigenvalue weighted by Crippen LogP contribution is 2.35. The van der Waals surface area contributed by atoms with Crippen LogP contribution < -0.4 is 5.32 Å². The van der Waals surface area contributed by atoms with E-state index in [0.29, 0.717) is 0 Å². The topological polar surface area (TPSA) is 12.0 Å². The Morgan fingerprint density at radius 3 is 2.82 bits per heavy atom. The Hall–Kier alpha value is -0.560. The lowest BCUT2D eigenvalue weighted by molar-refractivity contribution is 0.505. The van der Waals surface area contributed by atoms with Gasteiger partial charge in [0.05, 0.1) is 0 Å². The lowest BCUT2D eigenvalue weighted by Gasteiger charge is -2.28. The average molecular weight is 151 g/mol. The van der Waals surface area contributed by atoms with Gasteiger partial charge in [-0.3, -0.25) is 0 Å². The Kier molecular flexibility index (Phi) is 2.89. The van der Waals surface area contributed by atoms with E-state index in [1.807, 2.05) is 7.05 Å². The highest BCUT2D eigenvalue weighted by atomic mass is 14.8. The maximum absolute atomic E-state index is 3.78. The fraction of sp³-hybridized carbons (Fsp3) is 0.600. The van der Waals surface area contributed by atoms with Crippen LogP contribution in [0.15, 0.2) is 23.8 Å². The third-order valence-corrected chi connectivity index (χ3v) is 2.40. The molecule has 0 bridgehead atoms. The molecule has 62 valence electrons. The molecule has 11 heavy (non-hydrogen) atoms. The van der Waals surface area contributed by atoms with Gasteiger partial charge in [0.25, 0.3) is 0 Å². The van der Waals surface area contributed by atoms with Gasteiger partial charge in [0.2, 0.25) is 0 Å². The minimum absolute atomic E-state index is 0.761. The third-order valence-electron chi connectivity index (χ3n) is 2.40. The van der Waals surface area contributed by atoms with Gasteiger partial charge in [-0.1, -0.05) is 17.2 Å². The number of likely N-dealkylation sites (N-methyl/N-ethyl adjacent to an activating group) is 1. The van der Waals surface area contributed by atoms with Gasteiger partial charge in [-0.25, -0.2) is 0 Å². The van der Waals surface area contributed by atoms with Crippen LogP contribution >= 0.6 is 0 Å². The summed E-state index contributed by atoms with van der Waals surface area (Å²) in [6.45, 7) is 7.04. The lowest BCUT2D eigenvalue weighted by atomic mass is 9.78. The summed E-state index contributed by atoms with van der Waals surface area (Å²) in [5.41, 5.74) is 3.15. The zero-order chi connectivity index (χ0) is 8.27. The van der Waals surface area contributed by atoms with Gasteiger partial charge in [-0.2, -0.15) is 0 Å². The Bertz CT molecular complexity index is 171. The minimum atomic E-state index is 0.761. The van der Waals surface area contributed by atoms with E-state index in [1.54, 1.807) is 5.57 Å². The molecule has 1 aliphatic carbocycles. The highest BCUT2D eigenvalue weighted by Gasteiger charge is 2.21. The van der Waals surface area contributed by atoms with E-state index in [1.165, 1.54) is 18.4 Å². The maximum Gasteiger partial charge on any atom is 0.0161 e. The largest absolute Gasteiger partial charge is 0.316 e. The Morgan fingerprint density at radius 1 is 1.73 bits per heavy atom. The smallest absolute Gasteiger partial charge is 0.0161 e. The molecule has 1 saturated carbocycles. The van der Waals surface area contributed by atoms with E-state index in [-0.39, 0.29) is 0 Å². The predicted molar refractivity (Wildman–Crippen MR) is 49.5 cm³/mol. The van der Waals surface area contributed by atoms with Crippen molar-refractivity contribution in [3.8, 4) is 0 Å². The first kappa shape index (κ1) is 8.54. The van der Waals surface area contributed by atoms with Crippen LogP contribution in [0.3, 0.4) is 0 Å². The fourth-order valence-corrected chi connectivity index (χ4v) is 1.48. The summed E-state index contributed by atoms with van der Waals surface area (Å²) in [6.07, 6.45) is 4.56. The quantitative estimate of drug-likeness (QED) is 0.609. The molecule has 0 saturated heterocycles. The zero-order valence-corrected chi connectivity index (χ0v) is 7.48. The first-order valence-electron chi connectivity index (χ1n) is 4.22. The molecule has 0 aromatic carbocycles. The van der Waals surface area contributed by atoms with E-state index in [0.717, 1.165) is 12.5 Å². The fourth-order valence-electron chi connectivity index (χ4n) is 1.48. The monoisotopic (exact) mass is 151 g/mol. The Balaban J connectivity index is 2.38. The number of hydrogen-bond donors (Lipinski definition) is 1. The van der Waals surface area contributed by atoms with Crippen LogP contribution in [-0.2, 0) is 0 Å². The van der Waals surface area contributed by atoms with Crippen molar-refractivity contribution in [2.24, 2.45) is 5.92 Å². The second-order valence-electron chi connectivity index (χ2n) is 3.32. The van der Waals surface area contributed by atoms with Crippen LogP contribution in [0.25, 0.3) is 0 Å².